The van der Waals surface area contributed by atoms with Gasteiger partial charge in [-0.2, -0.15) is 0 Å². The lowest BCUT2D eigenvalue weighted by Gasteiger charge is -2.03. The molecule has 1 aliphatic heterocycles. The molecule has 0 aromatic rings. The Morgan fingerprint density at radius 2 is 2.43 bits per heavy atom. The fraction of sp³-hybridized carbons (Fsp3) is 0.636. The molecule has 0 amide bonds. The first kappa shape index (κ1) is 9.74. The maximum Gasteiger partial charge on any atom is 0.169 e. The van der Waals surface area contributed by atoms with Gasteiger partial charge < -0.3 is 10.1 Å². The van der Waals surface area contributed by atoms with Gasteiger partial charge in [0.05, 0.1) is 0 Å². The highest BCUT2D eigenvalue weighted by Crippen LogP contribution is 2.19. The van der Waals surface area contributed by atoms with E-state index in [9.17, 15) is 0 Å². The smallest absolute Gasteiger partial charge is 0.169 e. The maximum atomic E-state index is 5.43. The maximum absolute atomic E-state index is 5.43. The van der Waals surface area contributed by atoms with Crippen molar-refractivity contribution in [3.63, 3.8) is 0 Å². The highest BCUT2D eigenvalue weighted by Gasteiger charge is 2.38. The highest BCUT2D eigenvalue weighted by atomic mass is 16.6. The Bertz CT molecular complexity index is 248. The van der Waals surface area contributed by atoms with Crippen LogP contribution < -0.4 is 10.6 Å². The highest BCUT2D eigenvalue weighted by molar-refractivity contribution is 5.22. The molecule has 2 rings (SSSR count). The Morgan fingerprint density at radius 3 is 3.14 bits per heavy atom. The van der Waals surface area contributed by atoms with Crippen molar-refractivity contribution >= 4 is 0 Å². The van der Waals surface area contributed by atoms with Crippen LogP contribution in [0.3, 0.4) is 0 Å². The van der Waals surface area contributed by atoms with Crippen molar-refractivity contribution in [2.24, 2.45) is 0 Å². The molecule has 14 heavy (non-hydrogen) atoms. The molecule has 0 spiro atoms. The minimum Gasteiger partial charge on any atom is -0.360 e. The van der Waals surface area contributed by atoms with Gasteiger partial charge >= 0.3 is 0 Å². The van der Waals surface area contributed by atoms with Crippen molar-refractivity contribution in [3.8, 4) is 0 Å². The van der Waals surface area contributed by atoms with Gasteiger partial charge in [0.2, 0.25) is 0 Å². The van der Waals surface area contributed by atoms with Gasteiger partial charge in [0, 0.05) is 12.1 Å². The van der Waals surface area contributed by atoms with Crippen LogP contribution in [0.25, 0.3) is 0 Å². The minimum atomic E-state index is 0.193. The van der Waals surface area contributed by atoms with Crippen molar-refractivity contribution in [2.45, 2.75) is 38.6 Å². The monoisotopic (exact) mass is 194 g/mol. The number of unbranched alkanes of at least 4 members (excludes halogenated alkanes) is 1. The van der Waals surface area contributed by atoms with E-state index >= 15 is 0 Å². The average molecular weight is 194 g/mol. The molecule has 0 radical (unpaired) electrons. The Hall–Kier alpha value is -0.800. The van der Waals surface area contributed by atoms with Gasteiger partial charge in [-0.3, -0.25) is 5.32 Å². The predicted octanol–water partition coefficient (Wildman–Crippen LogP) is 1.49. The summed E-state index contributed by atoms with van der Waals surface area (Å²) in [7, 11) is 0. The molecule has 3 nitrogen and oxygen atoms in total. The molecule has 1 heterocycles. The van der Waals surface area contributed by atoms with Gasteiger partial charge in [0.25, 0.3) is 0 Å². The van der Waals surface area contributed by atoms with Crippen LogP contribution in [-0.4, -0.2) is 19.0 Å². The molecule has 0 saturated carbocycles. The number of hydrogen-bond donors (Lipinski definition) is 2. The van der Waals surface area contributed by atoms with E-state index < -0.39 is 0 Å². The van der Waals surface area contributed by atoms with Gasteiger partial charge in [-0.05, 0) is 19.0 Å². The summed E-state index contributed by atoms with van der Waals surface area (Å²) in [5, 5.41) is 6.69. The number of rotatable bonds is 6. The zero-order chi connectivity index (χ0) is 9.80. The second-order valence-electron chi connectivity index (χ2n) is 3.75. The SMILES string of the molecule is CCCCNC1OC1NC1=CC=CC1. The summed E-state index contributed by atoms with van der Waals surface area (Å²) in [5.41, 5.74) is 1.26. The number of epoxide rings is 1. The fourth-order valence-corrected chi connectivity index (χ4v) is 1.54. The summed E-state index contributed by atoms with van der Waals surface area (Å²) >= 11 is 0. The van der Waals surface area contributed by atoms with Gasteiger partial charge in [-0.1, -0.05) is 25.5 Å². The summed E-state index contributed by atoms with van der Waals surface area (Å²) in [4.78, 5) is 0. The molecule has 0 bridgehead atoms. The summed E-state index contributed by atoms with van der Waals surface area (Å²) in [5.74, 6) is 0. The molecule has 0 aromatic carbocycles. The van der Waals surface area contributed by atoms with Gasteiger partial charge in [-0.25, -0.2) is 0 Å². The van der Waals surface area contributed by atoms with E-state index in [4.69, 9.17) is 4.74 Å². The lowest BCUT2D eigenvalue weighted by Crippen LogP contribution is -2.27. The lowest BCUT2D eigenvalue weighted by atomic mass is 10.3. The number of ether oxygens (including phenoxy) is 1. The Labute approximate surface area is 85.2 Å². The number of nitrogens with one attached hydrogen (secondary N) is 2. The molecule has 1 fully saturated rings. The third-order valence-corrected chi connectivity index (χ3v) is 2.47. The van der Waals surface area contributed by atoms with Crippen LogP contribution in [0.2, 0.25) is 0 Å². The van der Waals surface area contributed by atoms with Crippen molar-refractivity contribution in [3.05, 3.63) is 23.9 Å². The number of hydrogen-bond acceptors (Lipinski definition) is 3. The topological polar surface area (TPSA) is 36.6 Å². The van der Waals surface area contributed by atoms with Crippen molar-refractivity contribution in [1.29, 1.82) is 0 Å². The van der Waals surface area contributed by atoms with Crippen molar-refractivity contribution < 1.29 is 4.74 Å². The van der Waals surface area contributed by atoms with E-state index in [1.54, 1.807) is 0 Å². The van der Waals surface area contributed by atoms with Crippen LogP contribution >= 0.6 is 0 Å². The Balaban J connectivity index is 1.57. The molecule has 3 heteroatoms. The van der Waals surface area contributed by atoms with Crippen LogP contribution in [0.5, 0.6) is 0 Å². The van der Waals surface area contributed by atoms with Crippen LogP contribution in [-0.2, 0) is 4.74 Å². The standard InChI is InChI=1S/C11H18N2O/c1-2-3-8-12-10-11(14-10)13-9-6-4-5-7-9/h4-6,10-13H,2-3,7-8H2,1H3. The van der Waals surface area contributed by atoms with E-state index in [1.807, 2.05) is 0 Å². The molecule has 78 valence electrons. The molecular weight excluding hydrogens is 176 g/mol. The first-order valence-electron chi connectivity index (χ1n) is 5.41. The quantitative estimate of drug-likeness (QED) is 0.497. The van der Waals surface area contributed by atoms with Gasteiger partial charge in [0.15, 0.2) is 12.5 Å². The van der Waals surface area contributed by atoms with E-state index in [0.717, 1.165) is 13.0 Å². The summed E-state index contributed by atoms with van der Waals surface area (Å²) in [6.07, 6.45) is 10.2. The average Bonchev–Trinajstić information content (AvgIpc) is 2.71. The van der Waals surface area contributed by atoms with Crippen LogP contribution in [0.15, 0.2) is 23.9 Å². The number of allylic oxidation sites excluding steroid dienone is 3. The summed E-state index contributed by atoms with van der Waals surface area (Å²) in [6.45, 7) is 3.25. The summed E-state index contributed by atoms with van der Waals surface area (Å²) < 4.78 is 5.43. The lowest BCUT2D eigenvalue weighted by molar-refractivity contribution is 0.333. The van der Waals surface area contributed by atoms with Gasteiger partial charge in [0.1, 0.15) is 0 Å². The zero-order valence-electron chi connectivity index (χ0n) is 8.62. The first-order valence-corrected chi connectivity index (χ1v) is 5.41. The molecule has 0 aromatic heterocycles. The van der Waals surface area contributed by atoms with Crippen molar-refractivity contribution in [1.82, 2.24) is 10.6 Å². The third kappa shape index (κ3) is 2.59. The first-order chi connectivity index (χ1) is 6.90. The zero-order valence-corrected chi connectivity index (χ0v) is 8.62. The second-order valence-corrected chi connectivity index (χ2v) is 3.75. The molecule has 2 unspecified atom stereocenters. The Morgan fingerprint density at radius 1 is 1.50 bits per heavy atom. The van der Waals surface area contributed by atoms with Crippen LogP contribution in [0.4, 0.5) is 0 Å². The minimum absolute atomic E-state index is 0.193. The van der Waals surface area contributed by atoms with Crippen molar-refractivity contribution in [2.75, 3.05) is 6.54 Å². The third-order valence-electron chi connectivity index (χ3n) is 2.47. The molecule has 2 atom stereocenters. The molecule has 2 N–H and O–H groups in total. The molecular formula is C11H18N2O. The van der Waals surface area contributed by atoms with E-state index in [2.05, 4.69) is 35.8 Å². The molecule has 1 saturated heterocycles. The van der Waals surface area contributed by atoms with E-state index in [1.165, 1.54) is 18.5 Å². The molecule has 1 aliphatic carbocycles. The van der Waals surface area contributed by atoms with Crippen LogP contribution in [0, 0.1) is 0 Å². The Kier molecular flexibility index (Phi) is 3.22. The van der Waals surface area contributed by atoms with E-state index in [-0.39, 0.29) is 12.5 Å². The van der Waals surface area contributed by atoms with E-state index in [0.29, 0.717) is 0 Å². The fourth-order valence-electron chi connectivity index (χ4n) is 1.54. The molecule has 2 aliphatic rings. The predicted molar refractivity (Wildman–Crippen MR) is 56.5 cm³/mol. The normalized spacial score (nSPS) is 29.1. The van der Waals surface area contributed by atoms with Crippen LogP contribution in [0.1, 0.15) is 26.2 Å². The summed E-state index contributed by atoms with van der Waals surface area (Å²) in [6, 6.07) is 0. The van der Waals surface area contributed by atoms with Gasteiger partial charge in [-0.15, -0.1) is 0 Å². The second kappa shape index (κ2) is 4.62. The largest absolute Gasteiger partial charge is 0.360 e.